The van der Waals surface area contributed by atoms with E-state index < -0.39 is 0 Å². The Morgan fingerprint density at radius 1 is 1.42 bits per heavy atom. The molecule has 2 unspecified atom stereocenters. The van der Waals surface area contributed by atoms with Crippen LogP contribution in [0.3, 0.4) is 0 Å². The van der Waals surface area contributed by atoms with Crippen molar-refractivity contribution in [3.05, 3.63) is 28.8 Å². The smallest absolute Gasteiger partial charge is 0.178 e. The average Bonchev–Trinajstić information content (AvgIpc) is 2.65. The molecule has 1 saturated heterocycles. The van der Waals surface area contributed by atoms with E-state index in [9.17, 15) is 4.39 Å². The highest BCUT2D eigenvalue weighted by molar-refractivity contribution is 7.71. The van der Waals surface area contributed by atoms with Crippen LogP contribution in [0.5, 0.6) is 0 Å². The number of rotatable bonds is 1. The number of imidazole rings is 1. The van der Waals surface area contributed by atoms with Crippen molar-refractivity contribution in [1.82, 2.24) is 14.5 Å². The normalized spacial score (nSPS) is 25.0. The summed E-state index contributed by atoms with van der Waals surface area (Å²) >= 11 is 5.43. The molecular weight excluding hydrogens is 261 g/mol. The highest BCUT2D eigenvalue weighted by Gasteiger charge is 2.27. The third-order valence-electron chi connectivity index (χ3n) is 4.07. The first-order chi connectivity index (χ1) is 9.06. The van der Waals surface area contributed by atoms with Crippen molar-refractivity contribution in [2.24, 2.45) is 5.92 Å². The number of fused-ring (bicyclic) bond motifs is 1. The molecule has 0 saturated carbocycles. The van der Waals surface area contributed by atoms with Crippen LogP contribution in [-0.4, -0.2) is 34.6 Å². The van der Waals surface area contributed by atoms with Crippen LogP contribution in [0.15, 0.2) is 18.2 Å². The van der Waals surface area contributed by atoms with Gasteiger partial charge in [-0.05, 0) is 56.3 Å². The number of halogens is 1. The Morgan fingerprint density at radius 3 is 2.95 bits per heavy atom. The molecule has 0 spiro atoms. The molecule has 1 N–H and O–H groups in total. The van der Waals surface area contributed by atoms with Gasteiger partial charge >= 0.3 is 0 Å². The predicted molar refractivity (Wildman–Crippen MR) is 77.4 cm³/mol. The molecule has 2 atom stereocenters. The van der Waals surface area contributed by atoms with Gasteiger partial charge in [-0.2, -0.15) is 0 Å². The van der Waals surface area contributed by atoms with Crippen molar-refractivity contribution >= 4 is 23.3 Å². The summed E-state index contributed by atoms with van der Waals surface area (Å²) in [5.74, 6) is 0.307. The molecule has 1 aromatic heterocycles. The van der Waals surface area contributed by atoms with Gasteiger partial charge in [0.2, 0.25) is 0 Å². The first-order valence-corrected chi connectivity index (χ1v) is 7.05. The number of H-pyrrole nitrogens is 1. The minimum atomic E-state index is -0.229. The van der Waals surface area contributed by atoms with Crippen LogP contribution in [0.2, 0.25) is 0 Å². The number of aromatic amines is 1. The number of aromatic nitrogens is 2. The van der Waals surface area contributed by atoms with Crippen LogP contribution < -0.4 is 0 Å². The van der Waals surface area contributed by atoms with Crippen LogP contribution in [0.4, 0.5) is 4.39 Å². The lowest BCUT2D eigenvalue weighted by Gasteiger charge is -2.35. The van der Waals surface area contributed by atoms with Gasteiger partial charge in [0.15, 0.2) is 4.77 Å². The molecule has 102 valence electrons. The fourth-order valence-corrected chi connectivity index (χ4v) is 3.50. The van der Waals surface area contributed by atoms with Gasteiger partial charge in [-0.15, -0.1) is 0 Å². The lowest BCUT2D eigenvalue weighted by atomic mass is 9.94. The van der Waals surface area contributed by atoms with E-state index >= 15 is 0 Å². The van der Waals surface area contributed by atoms with Gasteiger partial charge in [0.05, 0.1) is 11.0 Å². The zero-order chi connectivity index (χ0) is 13.6. The van der Waals surface area contributed by atoms with Crippen LogP contribution in [0, 0.1) is 16.5 Å². The van der Waals surface area contributed by atoms with Crippen LogP contribution >= 0.6 is 12.2 Å². The van der Waals surface area contributed by atoms with Crippen molar-refractivity contribution in [2.45, 2.75) is 19.4 Å². The van der Waals surface area contributed by atoms with Gasteiger partial charge in [-0.1, -0.05) is 6.92 Å². The molecule has 2 heterocycles. The highest BCUT2D eigenvalue weighted by Crippen LogP contribution is 2.31. The minimum absolute atomic E-state index is 0.229. The summed E-state index contributed by atoms with van der Waals surface area (Å²) < 4.78 is 16.1. The third kappa shape index (κ3) is 2.21. The molecule has 0 radical (unpaired) electrons. The predicted octanol–water partition coefficient (Wildman–Crippen LogP) is 3.35. The fraction of sp³-hybridized carbons (Fsp3) is 0.500. The zero-order valence-corrected chi connectivity index (χ0v) is 12.0. The molecule has 0 bridgehead atoms. The van der Waals surface area contributed by atoms with E-state index in [1.807, 2.05) is 6.07 Å². The molecule has 3 nitrogen and oxygen atoms in total. The molecule has 2 aromatic rings. The van der Waals surface area contributed by atoms with E-state index in [0.29, 0.717) is 16.7 Å². The second-order valence-corrected chi connectivity index (χ2v) is 5.94. The largest absolute Gasteiger partial charge is 0.330 e. The molecule has 0 amide bonds. The van der Waals surface area contributed by atoms with Gasteiger partial charge in [0.25, 0.3) is 0 Å². The summed E-state index contributed by atoms with van der Waals surface area (Å²) in [5.41, 5.74) is 1.80. The van der Waals surface area contributed by atoms with Gasteiger partial charge < -0.3 is 14.5 Å². The molecule has 1 fully saturated rings. The van der Waals surface area contributed by atoms with Crippen molar-refractivity contribution < 1.29 is 4.39 Å². The van der Waals surface area contributed by atoms with Gasteiger partial charge in [-0.3, -0.25) is 0 Å². The first kappa shape index (κ1) is 12.8. The van der Waals surface area contributed by atoms with E-state index in [0.717, 1.165) is 30.5 Å². The lowest BCUT2D eigenvalue weighted by molar-refractivity contribution is 0.160. The number of piperidine rings is 1. The number of nitrogens with zero attached hydrogens (tertiary/aromatic N) is 2. The first-order valence-electron chi connectivity index (χ1n) is 6.64. The van der Waals surface area contributed by atoms with E-state index in [-0.39, 0.29) is 5.82 Å². The maximum absolute atomic E-state index is 13.3. The van der Waals surface area contributed by atoms with E-state index in [1.54, 1.807) is 0 Å². The molecule has 5 heteroatoms. The summed E-state index contributed by atoms with van der Waals surface area (Å²) in [4.78, 5) is 5.47. The van der Waals surface area contributed by atoms with Crippen LogP contribution in [-0.2, 0) is 0 Å². The zero-order valence-electron chi connectivity index (χ0n) is 11.2. The monoisotopic (exact) mass is 279 g/mol. The van der Waals surface area contributed by atoms with Gasteiger partial charge in [0, 0.05) is 12.6 Å². The summed E-state index contributed by atoms with van der Waals surface area (Å²) in [6.45, 7) is 4.40. The maximum Gasteiger partial charge on any atom is 0.178 e. The molecule has 1 aromatic carbocycles. The molecular formula is C14H18FN3S. The van der Waals surface area contributed by atoms with Crippen molar-refractivity contribution in [2.75, 3.05) is 20.1 Å². The Hall–Kier alpha value is -1.20. The van der Waals surface area contributed by atoms with Crippen molar-refractivity contribution in [3.63, 3.8) is 0 Å². The van der Waals surface area contributed by atoms with Gasteiger partial charge in [0.1, 0.15) is 5.82 Å². The highest BCUT2D eigenvalue weighted by atomic mass is 32.1. The van der Waals surface area contributed by atoms with E-state index in [4.69, 9.17) is 12.2 Å². The van der Waals surface area contributed by atoms with E-state index in [1.165, 1.54) is 12.1 Å². The number of nitrogens with one attached hydrogen (secondary N) is 1. The Morgan fingerprint density at radius 2 is 2.21 bits per heavy atom. The van der Waals surface area contributed by atoms with Crippen LogP contribution in [0.25, 0.3) is 11.0 Å². The number of likely N-dealkylation sites (tertiary alicyclic amines) is 1. The molecule has 3 rings (SSSR count). The number of hydrogen-bond donors (Lipinski definition) is 1. The average molecular weight is 279 g/mol. The Labute approximate surface area is 117 Å². The fourth-order valence-electron chi connectivity index (χ4n) is 3.16. The summed E-state index contributed by atoms with van der Waals surface area (Å²) in [6.07, 6.45) is 1.08. The Balaban J connectivity index is 2.09. The van der Waals surface area contributed by atoms with Crippen molar-refractivity contribution in [1.29, 1.82) is 0 Å². The quantitative estimate of drug-likeness (QED) is 0.809. The second kappa shape index (κ2) is 4.72. The molecule has 1 aliphatic rings. The molecule has 1 aliphatic heterocycles. The number of hydrogen-bond acceptors (Lipinski definition) is 2. The Bertz CT molecular complexity index is 660. The summed E-state index contributed by atoms with van der Waals surface area (Å²) in [7, 11) is 2.15. The molecule has 19 heavy (non-hydrogen) atoms. The standard InChI is InChI=1S/C14H18FN3S/c1-9-8-17(2)6-5-12(9)18-13-4-3-10(15)7-11(13)16-14(18)19/h3-4,7,9,12H,5-6,8H2,1-2H3,(H,16,19). The van der Waals surface area contributed by atoms with Gasteiger partial charge in [-0.25, -0.2) is 4.39 Å². The van der Waals surface area contributed by atoms with Crippen LogP contribution in [0.1, 0.15) is 19.4 Å². The topological polar surface area (TPSA) is 24.0 Å². The summed E-state index contributed by atoms with van der Waals surface area (Å²) in [5, 5.41) is 0. The second-order valence-electron chi connectivity index (χ2n) is 5.56. The maximum atomic E-state index is 13.3. The number of benzene rings is 1. The summed E-state index contributed by atoms with van der Waals surface area (Å²) in [6, 6.07) is 5.23. The SMILES string of the molecule is CC1CN(C)CCC1n1c(=S)[nH]c2cc(F)ccc21. The third-order valence-corrected chi connectivity index (χ3v) is 4.37. The minimum Gasteiger partial charge on any atom is -0.330 e. The van der Waals surface area contributed by atoms with E-state index in [2.05, 4.69) is 28.4 Å². The van der Waals surface area contributed by atoms with Crippen molar-refractivity contribution in [3.8, 4) is 0 Å². The Kier molecular flexibility index (Phi) is 3.19. The molecule has 0 aliphatic carbocycles. The lowest BCUT2D eigenvalue weighted by Crippen LogP contribution is -2.37.